The van der Waals surface area contributed by atoms with Crippen molar-refractivity contribution in [3.63, 3.8) is 0 Å². The number of ether oxygens (including phenoxy) is 2. The van der Waals surface area contributed by atoms with Crippen molar-refractivity contribution < 1.29 is 14.3 Å². The maximum absolute atomic E-state index is 13.8. The number of hydrogen-bond donors (Lipinski definition) is 0. The molecule has 0 saturated heterocycles. The van der Waals surface area contributed by atoms with Crippen molar-refractivity contribution in [2.24, 2.45) is 0 Å². The van der Waals surface area contributed by atoms with Crippen LogP contribution >= 0.6 is 23.7 Å². The fourth-order valence-electron chi connectivity index (χ4n) is 3.71. The Hall–Kier alpha value is -3.10. The molecule has 0 radical (unpaired) electrons. The summed E-state index contributed by atoms with van der Waals surface area (Å²) in [6.07, 6.45) is 7.10. The summed E-state index contributed by atoms with van der Waals surface area (Å²) in [7, 11) is 3.11. The van der Waals surface area contributed by atoms with Crippen LogP contribution in [0, 0.1) is 0 Å². The smallest absolute Gasteiger partial charge is 0.263 e. The van der Waals surface area contributed by atoms with E-state index in [4.69, 9.17) is 14.5 Å². The average molecular weight is 487 g/mol. The lowest BCUT2D eigenvalue weighted by molar-refractivity contribution is 0.0982. The van der Waals surface area contributed by atoms with Gasteiger partial charge in [0.2, 0.25) is 0 Å². The maximum Gasteiger partial charge on any atom is 0.263 e. The third kappa shape index (κ3) is 5.12. The molecule has 33 heavy (non-hydrogen) atoms. The van der Waals surface area contributed by atoms with E-state index >= 15 is 0 Å². The molecule has 174 valence electrons. The first-order valence-electron chi connectivity index (χ1n) is 10.5. The molecule has 0 atom stereocenters. The molecule has 9 heteroatoms. The van der Waals surface area contributed by atoms with E-state index in [2.05, 4.69) is 24.0 Å². The molecule has 0 fully saturated rings. The van der Waals surface area contributed by atoms with Crippen molar-refractivity contribution in [1.29, 1.82) is 0 Å². The lowest BCUT2D eigenvalue weighted by Crippen LogP contribution is -2.32. The van der Waals surface area contributed by atoms with Crippen LogP contribution in [0.5, 0.6) is 11.5 Å². The third-order valence-electron chi connectivity index (χ3n) is 5.34. The second-order valence-corrected chi connectivity index (χ2v) is 8.27. The molecular formula is C24H27ClN4O3S. The van der Waals surface area contributed by atoms with Crippen LogP contribution in [0.25, 0.3) is 10.2 Å². The zero-order valence-corrected chi connectivity index (χ0v) is 20.5. The number of rotatable bonds is 9. The Morgan fingerprint density at radius 3 is 2.67 bits per heavy atom. The lowest BCUT2D eigenvalue weighted by Gasteiger charge is -2.22. The molecule has 0 aliphatic heterocycles. The normalized spacial score (nSPS) is 10.6. The minimum Gasteiger partial charge on any atom is -0.493 e. The van der Waals surface area contributed by atoms with Gasteiger partial charge in [-0.05, 0) is 36.6 Å². The Labute approximate surface area is 203 Å². The van der Waals surface area contributed by atoms with E-state index in [0.717, 1.165) is 29.6 Å². The minimum absolute atomic E-state index is 0. The molecule has 1 amide bonds. The number of benzene rings is 2. The topological polar surface area (TPSA) is 69.5 Å². The molecule has 0 aliphatic carbocycles. The number of amides is 1. The molecule has 4 rings (SSSR count). The Morgan fingerprint density at radius 2 is 1.97 bits per heavy atom. The predicted octanol–water partition coefficient (Wildman–Crippen LogP) is 5.23. The number of thiazole rings is 1. The molecule has 7 nitrogen and oxygen atoms in total. The number of carbonyl (C=O) groups excluding carboxylic acids is 1. The number of nitrogens with zero attached hydrogens (tertiary/aromatic N) is 4. The number of hydrogen-bond acceptors (Lipinski definition) is 6. The molecule has 2 aromatic heterocycles. The van der Waals surface area contributed by atoms with Crippen LogP contribution in [-0.4, -0.2) is 41.2 Å². The molecule has 0 unspecified atom stereocenters. The van der Waals surface area contributed by atoms with Crippen LogP contribution in [-0.2, 0) is 13.0 Å². The van der Waals surface area contributed by atoms with Crippen LogP contribution in [0.2, 0.25) is 0 Å². The Kier molecular flexibility index (Phi) is 8.30. The van der Waals surface area contributed by atoms with Gasteiger partial charge in [-0.25, -0.2) is 9.97 Å². The lowest BCUT2D eigenvalue weighted by atomic mass is 10.1. The first-order chi connectivity index (χ1) is 15.7. The number of imidazole rings is 1. The number of anilines is 1. The highest BCUT2D eigenvalue weighted by Gasteiger charge is 2.25. The second-order valence-electron chi connectivity index (χ2n) is 7.27. The number of methoxy groups -OCH3 is 2. The highest BCUT2D eigenvalue weighted by molar-refractivity contribution is 7.22. The zero-order chi connectivity index (χ0) is 22.5. The summed E-state index contributed by atoms with van der Waals surface area (Å²) in [6.45, 7) is 3.38. The highest BCUT2D eigenvalue weighted by Crippen LogP contribution is 2.35. The van der Waals surface area contributed by atoms with Crippen LogP contribution in [0.1, 0.15) is 29.3 Å². The fraction of sp³-hybridized carbons (Fsp3) is 0.292. The quantitative estimate of drug-likeness (QED) is 0.324. The summed E-state index contributed by atoms with van der Waals surface area (Å²) in [5.74, 6) is 0.785. The second kappa shape index (κ2) is 11.2. The predicted molar refractivity (Wildman–Crippen MR) is 134 cm³/mol. The zero-order valence-electron chi connectivity index (χ0n) is 18.9. The van der Waals surface area contributed by atoms with Gasteiger partial charge in [-0.1, -0.05) is 36.5 Å². The Morgan fingerprint density at radius 1 is 1.15 bits per heavy atom. The molecule has 4 aromatic rings. The largest absolute Gasteiger partial charge is 0.493 e. The maximum atomic E-state index is 13.8. The van der Waals surface area contributed by atoms with Gasteiger partial charge < -0.3 is 14.0 Å². The van der Waals surface area contributed by atoms with E-state index in [-0.39, 0.29) is 18.3 Å². The summed E-state index contributed by atoms with van der Waals surface area (Å²) < 4.78 is 14.0. The molecule has 0 N–H and O–H groups in total. The van der Waals surface area contributed by atoms with Crippen molar-refractivity contribution in [2.75, 3.05) is 25.7 Å². The van der Waals surface area contributed by atoms with Gasteiger partial charge in [0.25, 0.3) is 5.91 Å². The number of aromatic nitrogens is 3. The van der Waals surface area contributed by atoms with Gasteiger partial charge in [0.05, 0.1) is 36.3 Å². The third-order valence-corrected chi connectivity index (χ3v) is 6.38. The number of para-hydroxylation sites is 2. The van der Waals surface area contributed by atoms with E-state index in [0.29, 0.717) is 28.7 Å². The molecule has 2 heterocycles. The van der Waals surface area contributed by atoms with Gasteiger partial charge >= 0.3 is 0 Å². The number of carbonyl (C=O) groups is 1. The molecule has 0 aliphatic rings. The molecule has 0 bridgehead atoms. The van der Waals surface area contributed by atoms with Crippen molar-refractivity contribution in [2.45, 2.75) is 26.3 Å². The first-order valence-corrected chi connectivity index (χ1v) is 11.3. The Bertz CT molecular complexity index is 1210. The van der Waals surface area contributed by atoms with Gasteiger partial charge in [-0.3, -0.25) is 9.69 Å². The van der Waals surface area contributed by atoms with Crippen LogP contribution in [0.4, 0.5) is 5.13 Å². The van der Waals surface area contributed by atoms with Gasteiger partial charge in [-0.15, -0.1) is 12.4 Å². The Balaban J connectivity index is 0.00000306. The van der Waals surface area contributed by atoms with Crippen molar-refractivity contribution in [3.8, 4) is 11.5 Å². The van der Waals surface area contributed by atoms with Gasteiger partial charge in [0.15, 0.2) is 16.6 Å². The molecule has 2 aromatic carbocycles. The van der Waals surface area contributed by atoms with E-state index < -0.39 is 0 Å². The van der Waals surface area contributed by atoms with Crippen LogP contribution in [0.3, 0.4) is 0 Å². The number of halogens is 1. The SMILES string of the molecule is CCc1cccc2sc(N(CCCn3ccnc3)C(=O)c3cccc(OC)c3OC)nc12.Cl. The molecular weight excluding hydrogens is 460 g/mol. The minimum atomic E-state index is -0.163. The summed E-state index contributed by atoms with van der Waals surface area (Å²) in [4.78, 5) is 24.5. The van der Waals surface area contributed by atoms with E-state index in [1.54, 1.807) is 49.8 Å². The highest BCUT2D eigenvalue weighted by atomic mass is 35.5. The standard InChI is InChI=1S/C24H26N4O3S.ClH/c1-4-17-8-5-11-20-21(17)26-24(32-20)28(14-7-13-27-15-12-25-16-27)23(29)18-9-6-10-19(30-2)22(18)31-3;/h5-6,8-12,15-16H,4,7,13-14H2,1-3H3;1H. The summed E-state index contributed by atoms with van der Waals surface area (Å²) in [6, 6.07) is 11.5. The number of fused-ring (bicyclic) bond motifs is 1. The van der Waals surface area contributed by atoms with Crippen molar-refractivity contribution in [1.82, 2.24) is 14.5 Å². The first kappa shape index (κ1) is 24.5. The van der Waals surface area contributed by atoms with Gasteiger partial charge in [0.1, 0.15) is 0 Å². The van der Waals surface area contributed by atoms with E-state index in [1.807, 2.05) is 16.8 Å². The van der Waals surface area contributed by atoms with Crippen molar-refractivity contribution >= 4 is 45.0 Å². The summed E-state index contributed by atoms with van der Waals surface area (Å²) in [5, 5.41) is 0.682. The van der Waals surface area contributed by atoms with Crippen LogP contribution < -0.4 is 14.4 Å². The number of aryl methyl sites for hydroxylation is 2. The molecule has 0 spiro atoms. The fourth-order valence-corrected chi connectivity index (χ4v) is 4.75. The van der Waals surface area contributed by atoms with Crippen LogP contribution in [0.15, 0.2) is 55.1 Å². The molecule has 0 saturated carbocycles. The van der Waals surface area contributed by atoms with E-state index in [1.165, 1.54) is 16.9 Å². The average Bonchev–Trinajstić information content (AvgIpc) is 3.50. The summed E-state index contributed by atoms with van der Waals surface area (Å²) >= 11 is 1.53. The van der Waals surface area contributed by atoms with Crippen molar-refractivity contribution in [3.05, 3.63) is 66.2 Å². The monoisotopic (exact) mass is 486 g/mol. The van der Waals surface area contributed by atoms with Gasteiger partial charge in [-0.2, -0.15) is 0 Å². The summed E-state index contributed by atoms with van der Waals surface area (Å²) in [5.41, 5.74) is 2.58. The van der Waals surface area contributed by atoms with Gasteiger partial charge in [0, 0.05) is 25.5 Å². The van der Waals surface area contributed by atoms with E-state index in [9.17, 15) is 4.79 Å².